The third kappa shape index (κ3) is 5.53. The van der Waals surface area contributed by atoms with Crippen molar-refractivity contribution in [2.75, 3.05) is 19.8 Å². The maximum Gasteiger partial charge on any atom is 0.435 e. The van der Waals surface area contributed by atoms with E-state index in [-0.39, 0.29) is 24.8 Å². The van der Waals surface area contributed by atoms with Crippen molar-refractivity contribution < 1.29 is 22.7 Å². The maximum atomic E-state index is 12.8. The number of amides is 1. The second-order valence-corrected chi connectivity index (χ2v) is 5.60. The highest BCUT2D eigenvalue weighted by atomic mass is 19.4. The number of aromatic nitrogens is 2. The van der Waals surface area contributed by atoms with Gasteiger partial charge in [-0.25, -0.2) is 0 Å². The van der Waals surface area contributed by atoms with Gasteiger partial charge in [-0.15, -0.1) is 0 Å². The molecule has 5 nitrogen and oxygen atoms in total. The van der Waals surface area contributed by atoms with Crippen molar-refractivity contribution in [3.05, 3.63) is 17.5 Å². The molecule has 1 N–H and O–H groups in total. The van der Waals surface area contributed by atoms with E-state index < -0.39 is 11.9 Å². The van der Waals surface area contributed by atoms with Crippen molar-refractivity contribution in [2.24, 2.45) is 0 Å². The van der Waals surface area contributed by atoms with E-state index in [2.05, 4.69) is 10.4 Å². The molecule has 1 fully saturated rings. The van der Waals surface area contributed by atoms with Gasteiger partial charge in [-0.1, -0.05) is 0 Å². The van der Waals surface area contributed by atoms with E-state index in [0.717, 1.165) is 18.9 Å². The quantitative estimate of drug-likeness (QED) is 0.707. The largest absolute Gasteiger partial charge is 0.435 e. The number of rotatable bonds is 9. The molecular weight excluding hydrogens is 311 g/mol. The van der Waals surface area contributed by atoms with Crippen molar-refractivity contribution in [2.45, 2.75) is 51.2 Å². The third-order valence-electron chi connectivity index (χ3n) is 3.64. The van der Waals surface area contributed by atoms with Gasteiger partial charge in [0.1, 0.15) is 0 Å². The standard InChI is InChI=1S/C15H22F3N3O2/c1-2-23-9-3-7-19-14(22)6-8-21-12(11-4-5-11)10-13(20-21)15(16,17)18/h10-11H,2-9H2,1H3,(H,19,22). The predicted molar refractivity (Wildman–Crippen MR) is 77.9 cm³/mol. The Balaban J connectivity index is 1.82. The van der Waals surface area contributed by atoms with E-state index in [1.165, 1.54) is 4.68 Å². The molecule has 1 aromatic rings. The van der Waals surface area contributed by atoms with Gasteiger partial charge in [0.05, 0.1) is 0 Å². The molecule has 1 aliphatic carbocycles. The number of ether oxygens (including phenoxy) is 1. The lowest BCUT2D eigenvalue weighted by atomic mass is 10.2. The van der Waals surface area contributed by atoms with Crippen LogP contribution < -0.4 is 5.32 Å². The van der Waals surface area contributed by atoms with E-state index in [0.29, 0.717) is 31.9 Å². The molecular formula is C15H22F3N3O2. The molecule has 0 spiro atoms. The highest BCUT2D eigenvalue weighted by molar-refractivity contribution is 5.75. The molecule has 1 aromatic heterocycles. The van der Waals surface area contributed by atoms with Crippen LogP contribution in [0.15, 0.2) is 6.07 Å². The molecule has 0 aliphatic heterocycles. The van der Waals surface area contributed by atoms with Crippen molar-refractivity contribution in [1.82, 2.24) is 15.1 Å². The molecule has 1 heterocycles. The Hall–Kier alpha value is -1.57. The second kappa shape index (κ2) is 7.81. The van der Waals surface area contributed by atoms with Crippen LogP contribution in [0.25, 0.3) is 0 Å². The molecule has 1 saturated carbocycles. The number of hydrogen-bond donors (Lipinski definition) is 1. The van der Waals surface area contributed by atoms with Gasteiger partial charge in [-0.3, -0.25) is 9.48 Å². The number of carbonyl (C=O) groups is 1. The summed E-state index contributed by atoms with van der Waals surface area (Å²) >= 11 is 0. The molecule has 0 atom stereocenters. The van der Waals surface area contributed by atoms with Crippen molar-refractivity contribution in [3.63, 3.8) is 0 Å². The number of hydrogen-bond acceptors (Lipinski definition) is 3. The van der Waals surface area contributed by atoms with Gasteiger partial charge >= 0.3 is 6.18 Å². The second-order valence-electron chi connectivity index (χ2n) is 5.60. The number of nitrogens with zero attached hydrogens (tertiary/aromatic N) is 2. The number of alkyl halides is 3. The molecule has 1 amide bonds. The van der Waals surface area contributed by atoms with Crippen molar-refractivity contribution >= 4 is 5.91 Å². The van der Waals surface area contributed by atoms with Crippen LogP contribution in [0, 0.1) is 0 Å². The zero-order chi connectivity index (χ0) is 16.9. The lowest BCUT2D eigenvalue weighted by molar-refractivity contribution is -0.141. The van der Waals surface area contributed by atoms with Crippen LogP contribution >= 0.6 is 0 Å². The Labute approximate surface area is 133 Å². The Morgan fingerprint density at radius 2 is 2.22 bits per heavy atom. The summed E-state index contributed by atoms with van der Waals surface area (Å²) in [5, 5.41) is 6.36. The molecule has 0 saturated heterocycles. The normalized spacial score (nSPS) is 15.0. The van der Waals surface area contributed by atoms with Crippen LogP contribution in [0.2, 0.25) is 0 Å². The van der Waals surface area contributed by atoms with Gasteiger partial charge in [0.2, 0.25) is 5.91 Å². The average molecular weight is 333 g/mol. The minimum atomic E-state index is -4.45. The molecule has 8 heteroatoms. The molecule has 0 bridgehead atoms. The van der Waals surface area contributed by atoms with Gasteiger partial charge in [-0.2, -0.15) is 18.3 Å². The molecule has 0 unspecified atom stereocenters. The highest BCUT2D eigenvalue weighted by Crippen LogP contribution is 2.42. The Bertz CT molecular complexity index is 525. The minimum absolute atomic E-state index is 0.118. The number of carbonyl (C=O) groups excluding carboxylic acids is 1. The number of halogens is 3. The van der Waals surface area contributed by atoms with Crippen LogP contribution in [-0.4, -0.2) is 35.4 Å². The fourth-order valence-corrected chi connectivity index (χ4v) is 2.30. The Morgan fingerprint density at radius 1 is 1.48 bits per heavy atom. The minimum Gasteiger partial charge on any atom is -0.382 e. The van der Waals surface area contributed by atoms with Gasteiger partial charge in [0.15, 0.2) is 5.69 Å². The fraction of sp³-hybridized carbons (Fsp3) is 0.733. The molecule has 0 aromatic carbocycles. The van der Waals surface area contributed by atoms with Crippen LogP contribution in [0.1, 0.15) is 49.9 Å². The summed E-state index contributed by atoms with van der Waals surface area (Å²) in [5.41, 5.74) is -0.294. The smallest absolute Gasteiger partial charge is 0.382 e. The summed E-state index contributed by atoms with van der Waals surface area (Å²) in [7, 11) is 0. The summed E-state index contributed by atoms with van der Waals surface area (Å²) in [6.07, 6.45) is -1.85. The third-order valence-corrected chi connectivity index (χ3v) is 3.64. The van der Waals surface area contributed by atoms with Crippen molar-refractivity contribution in [3.8, 4) is 0 Å². The monoisotopic (exact) mass is 333 g/mol. The van der Waals surface area contributed by atoms with E-state index in [1.807, 2.05) is 6.92 Å². The van der Waals surface area contributed by atoms with Gasteiger partial charge in [-0.05, 0) is 32.3 Å². The lowest BCUT2D eigenvalue weighted by Gasteiger charge is -2.08. The highest BCUT2D eigenvalue weighted by Gasteiger charge is 2.37. The number of nitrogens with one attached hydrogen (secondary N) is 1. The van der Waals surface area contributed by atoms with Gasteiger partial charge in [0, 0.05) is 44.3 Å². The average Bonchev–Trinajstić information content (AvgIpc) is 3.23. The summed E-state index contributed by atoms with van der Waals surface area (Å²) < 4.78 is 44.8. The van der Waals surface area contributed by atoms with E-state index >= 15 is 0 Å². The van der Waals surface area contributed by atoms with Crippen molar-refractivity contribution in [1.29, 1.82) is 0 Å². The summed E-state index contributed by atoms with van der Waals surface area (Å²) in [6.45, 7) is 3.78. The molecule has 1 aliphatic rings. The fourth-order valence-electron chi connectivity index (χ4n) is 2.30. The SMILES string of the molecule is CCOCCCNC(=O)CCn1nc(C(F)(F)F)cc1C1CC1. The predicted octanol–water partition coefficient (Wildman–Crippen LogP) is 2.71. The molecule has 23 heavy (non-hydrogen) atoms. The first-order valence-corrected chi connectivity index (χ1v) is 7.91. The molecule has 2 rings (SSSR count). The maximum absolute atomic E-state index is 12.8. The first-order valence-electron chi connectivity index (χ1n) is 7.91. The first-order chi connectivity index (χ1) is 10.9. The Morgan fingerprint density at radius 3 is 2.83 bits per heavy atom. The van der Waals surface area contributed by atoms with E-state index in [9.17, 15) is 18.0 Å². The Kier molecular flexibility index (Phi) is 6.04. The molecule has 0 radical (unpaired) electrons. The van der Waals surface area contributed by atoms with Crippen LogP contribution in [0.4, 0.5) is 13.2 Å². The number of aryl methyl sites for hydroxylation is 1. The lowest BCUT2D eigenvalue weighted by Crippen LogP contribution is -2.26. The van der Waals surface area contributed by atoms with E-state index in [1.54, 1.807) is 0 Å². The van der Waals surface area contributed by atoms with Gasteiger partial charge < -0.3 is 10.1 Å². The topological polar surface area (TPSA) is 56.1 Å². The summed E-state index contributed by atoms with van der Waals surface area (Å²) in [6, 6.07) is 1.11. The van der Waals surface area contributed by atoms with Crippen LogP contribution in [-0.2, 0) is 22.3 Å². The zero-order valence-electron chi connectivity index (χ0n) is 13.2. The summed E-state index contributed by atoms with van der Waals surface area (Å²) in [4.78, 5) is 11.7. The van der Waals surface area contributed by atoms with E-state index in [4.69, 9.17) is 4.74 Å². The van der Waals surface area contributed by atoms with Crippen LogP contribution in [0.5, 0.6) is 0 Å². The first kappa shape index (κ1) is 17.8. The van der Waals surface area contributed by atoms with Crippen LogP contribution in [0.3, 0.4) is 0 Å². The van der Waals surface area contributed by atoms with Gasteiger partial charge in [0.25, 0.3) is 0 Å². The zero-order valence-corrected chi connectivity index (χ0v) is 13.2. The summed E-state index contributed by atoms with van der Waals surface area (Å²) in [5.74, 6) is -0.0415. The molecule has 130 valence electrons.